The second-order valence-electron chi connectivity index (χ2n) is 5.89. The fourth-order valence-corrected chi connectivity index (χ4v) is 2.95. The monoisotopic (exact) mass is 297 g/mol. The van der Waals surface area contributed by atoms with Crippen molar-refractivity contribution in [2.75, 3.05) is 6.54 Å². The first-order valence-corrected chi connectivity index (χ1v) is 8.04. The van der Waals surface area contributed by atoms with E-state index in [4.69, 9.17) is 4.74 Å². The van der Waals surface area contributed by atoms with Crippen LogP contribution in [-0.2, 0) is 13.0 Å². The van der Waals surface area contributed by atoms with E-state index in [1.807, 2.05) is 48.5 Å². The number of piperidine rings is 1. The minimum atomic E-state index is 0.283. The molecule has 2 aromatic carbocycles. The van der Waals surface area contributed by atoms with E-state index in [0.717, 1.165) is 24.1 Å². The Hall–Kier alpha value is -2.00. The minimum absolute atomic E-state index is 0.283. The van der Waals surface area contributed by atoms with Gasteiger partial charge in [0, 0.05) is 6.04 Å². The Balaban J connectivity index is 1.66. The lowest BCUT2D eigenvalue weighted by Gasteiger charge is -2.24. The quantitative estimate of drug-likeness (QED) is 0.885. The van der Waals surface area contributed by atoms with E-state index in [2.05, 4.69) is 5.32 Å². The molecule has 0 aromatic heterocycles. The first kappa shape index (κ1) is 14.9. The Morgan fingerprint density at radius 3 is 2.68 bits per heavy atom. The van der Waals surface area contributed by atoms with Gasteiger partial charge in [0.2, 0.25) is 0 Å². The topological polar surface area (TPSA) is 41.5 Å². The number of para-hydroxylation sites is 1. The largest absolute Gasteiger partial charge is 0.504 e. The van der Waals surface area contributed by atoms with Crippen LogP contribution in [0.5, 0.6) is 11.5 Å². The van der Waals surface area contributed by atoms with Gasteiger partial charge in [0.05, 0.1) is 0 Å². The van der Waals surface area contributed by atoms with Crippen LogP contribution in [0.2, 0.25) is 0 Å². The number of aromatic hydroxyl groups is 1. The molecule has 1 heterocycles. The van der Waals surface area contributed by atoms with Crippen LogP contribution in [0.1, 0.15) is 30.4 Å². The molecule has 3 rings (SSSR count). The van der Waals surface area contributed by atoms with Crippen molar-refractivity contribution in [2.24, 2.45) is 0 Å². The van der Waals surface area contributed by atoms with Gasteiger partial charge in [-0.1, -0.05) is 48.9 Å². The molecular weight excluding hydrogens is 274 g/mol. The smallest absolute Gasteiger partial charge is 0.161 e. The van der Waals surface area contributed by atoms with Crippen molar-refractivity contribution in [3.05, 3.63) is 59.7 Å². The van der Waals surface area contributed by atoms with Crippen molar-refractivity contribution in [3.8, 4) is 11.5 Å². The van der Waals surface area contributed by atoms with Crippen molar-refractivity contribution in [3.63, 3.8) is 0 Å². The van der Waals surface area contributed by atoms with Crippen LogP contribution in [0.3, 0.4) is 0 Å². The van der Waals surface area contributed by atoms with Gasteiger partial charge >= 0.3 is 0 Å². The standard InChI is InChI=1S/C19H23NO2/c21-19-16(13-17-10-4-5-12-20-17)9-6-11-18(19)22-14-15-7-2-1-3-8-15/h1-3,6-9,11,17,20-21H,4-5,10,12-14H2. The molecule has 1 fully saturated rings. The Bertz CT molecular complexity index is 592. The van der Waals surface area contributed by atoms with Gasteiger partial charge in [-0.25, -0.2) is 0 Å². The summed E-state index contributed by atoms with van der Waals surface area (Å²) in [5.41, 5.74) is 2.06. The summed E-state index contributed by atoms with van der Waals surface area (Å²) < 4.78 is 5.78. The second kappa shape index (κ2) is 7.32. The minimum Gasteiger partial charge on any atom is -0.504 e. The molecule has 1 unspecified atom stereocenters. The molecule has 0 saturated carbocycles. The van der Waals surface area contributed by atoms with Crippen LogP contribution in [0.25, 0.3) is 0 Å². The first-order chi connectivity index (χ1) is 10.8. The van der Waals surface area contributed by atoms with Crippen LogP contribution >= 0.6 is 0 Å². The molecule has 0 spiro atoms. The molecule has 1 aliphatic heterocycles. The van der Waals surface area contributed by atoms with Gasteiger partial charge in [-0.15, -0.1) is 0 Å². The Labute approximate surface area is 131 Å². The van der Waals surface area contributed by atoms with Crippen LogP contribution in [-0.4, -0.2) is 17.7 Å². The summed E-state index contributed by atoms with van der Waals surface area (Å²) >= 11 is 0. The zero-order valence-electron chi connectivity index (χ0n) is 12.8. The van der Waals surface area contributed by atoms with Crippen LogP contribution in [0.4, 0.5) is 0 Å². The number of nitrogens with one attached hydrogen (secondary N) is 1. The highest BCUT2D eigenvalue weighted by molar-refractivity contribution is 5.45. The first-order valence-electron chi connectivity index (χ1n) is 8.04. The third-order valence-electron chi connectivity index (χ3n) is 4.20. The van der Waals surface area contributed by atoms with Crippen molar-refractivity contribution in [1.29, 1.82) is 0 Å². The highest BCUT2D eigenvalue weighted by atomic mass is 16.5. The van der Waals surface area contributed by atoms with Crippen molar-refractivity contribution in [1.82, 2.24) is 5.32 Å². The lowest BCUT2D eigenvalue weighted by molar-refractivity contribution is 0.287. The predicted octanol–water partition coefficient (Wildman–Crippen LogP) is 3.66. The second-order valence-corrected chi connectivity index (χ2v) is 5.89. The van der Waals surface area contributed by atoms with E-state index >= 15 is 0 Å². The molecule has 3 heteroatoms. The number of ether oxygens (including phenoxy) is 1. The van der Waals surface area contributed by atoms with E-state index in [1.54, 1.807) is 0 Å². The van der Waals surface area contributed by atoms with Gasteiger partial charge < -0.3 is 15.2 Å². The highest BCUT2D eigenvalue weighted by Gasteiger charge is 2.16. The maximum Gasteiger partial charge on any atom is 0.161 e. The lowest BCUT2D eigenvalue weighted by Crippen LogP contribution is -2.35. The number of rotatable bonds is 5. The zero-order chi connectivity index (χ0) is 15.2. The van der Waals surface area contributed by atoms with Gasteiger partial charge in [-0.3, -0.25) is 0 Å². The summed E-state index contributed by atoms with van der Waals surface area (Å²) in [6.45, 7) is 1.55. The molecular formula is C19H23NO2. The van der Waals surface area contributed by atoms with Crippen molar-refractivity contribution < 1.29 is 9.84 Å². The van der Waals surface area contributed by atoms with E-state index in [0.29, 0.717) is 18.4 Å². The molecule has 0 aliphatic carbocycles. The summed E-state index contributed by atoms with van der Waals surface area (Å²) in [6, 6.07) is 16.2. The fraction of sp³-hybridized carbons (Fsp3) is 0.368. The maximum atomic E-state index is 10.4. The molecule has 0 amide bonds. The van der Waals surface area contributed by atoms with E-state index < -0.39 is 0 Å². The Morgan fingerprint density at radius 2 is 1.91 bits per heavy atom. The van der Waals surface area contributed by atoms with Crippen LogP contribution < -0.4 is 10.1 Å². The molecule has 3 nitrogen and oxygen atoms in total. The fourth-order valence-electron chi connectivity index (χ4n) is 2.95. The lowest BCUT2D eigenvalue weighted by atomic mass is 9.97. The van der Waals surface area contributed by atoms with E-state index in [-0.39, 0.29) is 5.75 Å². The molecule has 116 valence electrons. The maximum absolute atomic E-state index is 10.4. The predicted molar refractivity (Wildman–Crippen MR) is 88.2 cm³/mol. The number of phenols is 1. The van der Waals surface area contributed by atoms with Gasteiger partial charge in [-0.2, -0.15) is 0 Å². The van der Waals surface area contributed by atoms with Gasteiger partial charge in [0.25, 0.3) is 0 Å². The molecule has 1 saturated heterocycles. The molecule has 2 aromatic rings. The Kier molecular flexibility index (Phi) is 4.96. The molecule has 0 radical (unpaired) electrons. The Morgan fingerprint density at radius 1 is 1.05 bits per heavy atom. The van der Waals surface area contributed by atoms with Crippen molar-refractivity contribution >= 4 is 0 Å². The van der Waals surface area contributed by atoms with E-state index in [1.165, 1.54) is 19.3 Å². The van der Waals surface area contributed by atoms with E-state index in [9.17, 15) is 5.11 Å². The number of phenolic OH excluding ortho intramolecular Hbond substituents is 1. The van der Waals surface area contributed by atoms with Gasteiger partial charge in [-0.05, 0) is 43.0 Å². The zero-order valence-corrected chi connectivity index (χ0v) is 12.8. The highest BCUT2D eigenvalue weighted by Crippen LogP contribution is 2.32. The van der Waals surface area contributed by atoms with Crippen molar-refractivity contribution in [2.45, 2.75) is 38.3 Å². The average Bonchev–Trinajstić information content (AvgIpc) is 2.58. The van der Waals surface area contributed by atoms with Gasteiger partial charge in [0.1, 0.15) is 6.61 Å². The molecule has 1 atom stereocenters. The van der Waals surface area contributed by atoms with Gasteiger partial charge in [0.15, 0.2) is 11.5 Å². The molecule has 0 bridgehead atoms. The average molecular weight is 297 g/mol. The summed E-state index contributed by atoms with van der Waals surface area (Å²) in [4.78, 5) is 0. The number of hydrogen-bond donors (Lipinski definition) is 2. The van der Waals surface area contributed by atoms with Crippen LogP contribution in [0, 0.1) is 0 Å². The molecule has 2 N–H and O–H groups in total. The summed E-state index contributed by atoms with van der Waals surface area (Å²) in [5.74, 6) is 0.850. The number of hydrogen-bond acceptors (Lipinski definition) is 3. The summed E-state index contributed by atoms with van der Waals surface area (Å²) in [7, 11) is 0. The third-order valence-corrected chi connectivity index (χ3v) is 4.20. The SMILES string of the molecule is Oc1c(CC2CCCCN2)cccc1OCc1ccccc1. The molecule has 1 aliphatic rings. The normalized spacial score (nSPS) is 18.1. The molecule has 22 heavy (non-hydrogen) atoms. The third kappa shape index (κ3) is 3.80. The summed E-state index contributed by atoms with van der Waals surface area (Å²) in [6.07, 6.45) is 4.55. The van der Waals surface area contributed by atoms with Crippen LogP contribution in [0.15, 0.2) is 48.5 Å². The summed E-state index contributed by atoms with van der Waals surface area (Å²) in [5, 5.41) is 14.0. The number of benzene rings is 2.